The van der Waals surface area contributed by atoms with Crippen molar-refractivity contribution in [1.82, 2.24) is 10.6 Å². The van der Waals surface area contributed by atoms with Crippen molar-refractivity contribution >= 4 is 5.91 Å². The largest absolute Gasteiger partial charge is 0.392 e. The molecule has 0 saturated heterocycles. The summed E-state index contributed by atoms with van der Waals surface area (Å²) in [6, 6.07) is 0. The van der Waals surface area contributed by atoms with Crippen LogP contribution in [0.5, 0.6) is 0 Å². The maximum Gasteiger partial charge on any atom is 0.240 e. The van der Waals surface area contributed by atoms with Crippen LogP contribution in [0, 0.1) is 0 Å². The summed E-state index contributed by atoms with van der Waals surface area (Å²) in [5.41, 5.74) is -0.442. The van der Waals surface area contributed by atoms with Gasteiger partial charge in [-0.15, -0.1) is 0 Å². The van der Waals surface area contributed by atoms with Crippen molar-refractivity contribution in [2.75, 3.05) is 13.1 Å². The van der Waals surface area contributed by atoms with Gasteiger partial charge in [-0.25, -0.2) is 0 Å². The maximum absolute atomic E-state index is 12.4. The molecule has 1 atom stereocenters. The molecule has 19 heavy (non-hydrogen) atoms. The third-order valence-electron chi connectivity index (χ3n) is 4.10. The van der Waals surface area contributed by atoms with E-state index < -0.39 is 5.54 Å². The lowest BCUT2D eigenvalue weighted by Crippen LogP contribution is -2.59. The number of hydrogen-bond donors (Lipinski definition) is 3. The molecule has 0 aliphatic heterocycles. The first-order valence-corrected chi connectivity index (χ1v) is 7.86. The number of β-amino-alcohol motifs (C(OH)–C–C–N with tert-alkyl or cyclic N) is 1. The number of aliphatic hydroxyl groups excluding tert-OH is 1. The van der Waals surface area contributed by atoms with Crippen molar-refractivity contribution in [1.29, 1.82) is 0 Å². The SMILES string of the molecule is CCCCNC(=O)C1(NC[C@H](O)CC)CCCCC1. The van der Waals surface area contributed by atoms with Crippen LogP contribution in [-0.2, 0) is 4.79 Å². The molecule has 1 aliphatic carbocycles. The second kappa shape index (κ2) is 8.54. The summed E-state index contributed by atoms with van der Waals surface area (Å²) in [6.45, 7) is 5.35. The van der Waals surface area contributed by atoms with Gasteiger partial charge in [0.1, 0.15) is 0 Å². The average Bonchev–Trinajstić information content (AvgIpc) is 2.45. The smallest absolute Gasteiger partial charge is 0.240 e. The fraction of sp³-hybridized carbons (Fsp3) is 0.933. The molecule has 3 N–H and O–H groups in total. The van der Waals surface area contributed by atoms with Gasteiger partial charge in [0.15, 0.2) is 0 Å². The van der Waals surface area contributed by atoms with Gasteiger partial charge in [0.05, 0.1) is 11.6 Å². The van der Waals surface area contributed by atoms with E-state index in [0.717, 1.165) is 51.5 Å². The van der Waals surface area contributed by atoms with Crippen LogP contribution < -0.4 is 10.6 Å². The van der Waals surface area contributed by atoms with Crippen LogP contribution in [0.15, 0.2) is 0 Å². The molecule has 0 aromatic rings. The average molecular weight is 270 g/mol. The van der Waals surface area contributed by atoms with Crippen molar-refractivity contribution in [2.45, 2.75) is 76.9 Å². The zero-order valence-electron chi connectivity index (χ0n) is 12.5. The van der Waals surface area contributed by atoms with E-state index in [1.807, 2.05) is 6.92 Å². The molecular formula is C15H30N2O2. The number of carbonyl (C=O) groups is 1. The van der Waals surface area contributed by atoms with E-state index in [-0.39, 0.29) is 12.0 Å². The Morgan fingerprint density at radius 2 is 1.95 bits per heavy atom. The lowest BCUT2D eigenvalue weighted by molar-refractivity contribution is -0.129. The van der Waals surface area contributed by atoms with Gasteiger partial charge in [0, 0.05) is 13.1 Å². The van der Waals surface area contributed by atoms with Gasteiger partial charge >= 0.3 is 0 Å². The summed E-state index contributed by atoms with van der Waals surface area (Å²) in [7, 11) is 0. The zero-order chi connectivity index (χ0) is 14.1. The Balaban J connectivity index is 2.55. The molecule has 4 nitrogen and oxygen atoms in total. The first kappa shape index (κ1) is 16.4. The molecule has 0 radical (unpaired) electrons. The van der Waals surface area contributed by atoms with Gasteiger partial charge in [-0.1, -0.05) is 39.5 Å². The number of carbonyl (C=O) groups excluding carboxylic acids is 1. The second-order valence-corrected chi connectivity index (χ2v) is 5.70. The Morgan fingerprint density at radius 1 is 1.26 bits per heavy atom. The van der Waals surface area contributed by atoms with Crippen LogP contribution in [-0.4, -0.2) is 35.7 Å². The summed E-state index contributed by atoms with van der Waals surface area (Å²) in [5, 5.41) is 16.1. The van der Waals surface area contributed by atoms with E-state index >= 15 is 0 Å². The minimum atomic E-state index is -0.442. The number of nitrogens with one attached hydrogen (secondary N) is 2. The molecule has 1 amide bonds. The first-order valence-electron chi connectivity index (χ1n) is 7.86. The summed E-state index contributed by atoms with van der Waals surface area (Å²) in [5.74, 6) is 0.129. The van der Waals surface area contributed by atoms with Gasteiger partial charge < -0.3 is 15.7 Å². The molecule has 1 saturated carbocycles. The molecule has 1 rings (SSSR count). The highest BCUT2D eigenvalue weighted by molar-refractivity contribution is 5.86. The normalized spacial score (nSPS) is 19.9. The van der Waals surface area contributed by atoms with E-state index in [0.29, 0.717) is 6.54 Å². The molecule has 0 heterocycles. The van der Waals surface area contributed by atoms with Gasteiger partial charge in [-0.05, 0) is 25.7 Å². The molecule has 0 aromatic heterocycles. The predicted molar refractivity (Wildman–Crippen MR) is 78.0 cm³/mol. The van der Waals surface area contributed by atoms with Crippen LogP contribution in [0.3, 0.4) is 0 Å². The minimum Gasteiger partial charge on any atom is -0.392 e. The number of amides is 1. The fourth-order valence-corrected chi connectivity index (χ4v) is 2.64. The lowest BCUT2D eigenvalue weighted by Gasteiger charge is -2.37. The number of aliphatic hydroxyl groups is 1. The van der Waals surface area contributed by atoms with E-state index in [4.69, 9.17) is 0 Å². The number of hydrogen-bond acceptors (Lipinski definition) is 3. The van der Waals surface area contributed by atoms with Crippen molar-refractivity contribution in [2.24, 2.45) is 0 Å². The Morgan fingerprint density at radius 3 is 2.53 bits per heavy atom. The molecule has 0 unspecified atom stereocenters. The monoisotopic (exact) mass is 270 g/mol. The highest BCUT2D eigenvalue weighted by Crippen LogP contribution is 2.28. The topological polar surface area (TPSA) is 61.4 Å². The molecule has 0 bridgehead atoms. The molecular weight excluding hydrogens is 240 g/mol. The molecule has 112 valence electrons. The third kappa shape index (κ3) is 5.11. The van der Waals surface area contributed by atoms with Crippen LogP contribution >= 0.6 is 0 Å². The van der Waals surface area contributed by atoms with Crippen molar-refractivity contribution in [3.05, 3.63) is 0 Å². The van der Waals surface area contributed by atoms with Crippen LogP contribution in [0.2, 0.25) is 0 Å². The second-order valence-electron chi connectivity index (χ2n) is 5.70. The summed E-state index contributed by atoms with van der Waals surface area (Å²) in [6.07, 6.45) is 7.66. The molecule has 0 spiro atoms. The van der Waals surface area contributed by atoms with Crippen molar-refractivity contribution < 1.29 is 9.90 Å². The Hall–Kier alpha value is -0.610. The van der Waals surface area contributed by atoms with Crippen LogP contribution in [0.25, 0.3) is 0 Å². The highest BCUT2D eigenvalue weighted by Gasteiger charge is 2.38. The van der Waals surface area contributed by atoms with Crippen LogP contribution in [0.1, 0.15) is 65.2 Å². The highest BCUT2D eigenvalue weighted by atomic mass is 16.3. The summed E-state index contributed by atoms with van der Waals surface area (Å²) >= 11 is 0. The molecule has 1 aliphatic rings. The standard InChI is InChI=1S/C15H30N2O2/c1-3-5-11-16-14(19)15(9-7-6-8-10-15)17-12-13(18)4-2/h13,17-18H,3-12H2,1-2H3,(H,16,19)/t13-/m1/s1. The first-order chi connectivity index (χ1) is 9.14. The van der Waals surface area contributed by atoms with Gasteiger partial charge in [0.2, 0.25) is 5.91 Å². The van der Waals surface area contributed by atoms with E-state index in [9.17, 15) is 9.90 Å². The van der Waals surface area contributed by atoms with Crippen molar-refractivity contribution in [3.8, 4) is 0 Å². The molecule has 1 fully saturated rings. The Labute approximate surface area is 117 Å². The van der Waals surface area contributed by atoms with E-state index in [2.05, 4.69) is 17.6 Å². The van der Waals surface area contributed by atoms with Crippen molar-refractivity contribution in [3.63, 3.8) is 0 Å². The summed E-state index contributed by atoms with van der Waals surface area (Å²) in [4.78, 5) is 12.4. The third-order valence-corrected chi connectivity index (χ3v) is 4.10. The predicted octanol–water partition coefficient (Wildman–Crippen LogP) is 1.97. The number of rotatable bonds is 8. The summed E-state index contributed by atoms with van der Waals surface area (Å²) < 4.78 is 0. The quantitative estimate of drug-likeness (QED) is 0.591. The van der Waals surface area contributed by atoms with Crippen LogP contribution in [0.4, 0.5) is 0 Å². The van der Waals surface area contributed by atoms with Gasteiger partial charge in [-0.3, -0.25) is 4.79 Å². The zero-order valence-corrected chi connectivity index (χ0v) is 12.5. The van der Waals surface area contributed by atoms with E-state index in [1.54, 1.807) is 0 Å². The molecule has 0 aromatic carbocycles. The molecule has 4 heteroatoms. The fourth-order valence-electron chi connectivity index (χ4n) is 2.64. The lowest BCUT2D eigenvalue weighted by atomic mass is 9.80. The minimum absolute atomic E-state index is 0.129. The Kier molecular flexibility index (Phi) is 7.39. The Bertz CT molecular complexity index is 263. The number of unbranched alkanes of at least 4 members (excludes halogenated alkanes) is 1. The van der Waals surface area contributed by atoms with Gasteiger partial charge in [-0.2, -0.15) is 0 Å². The maximum atomic E-state index is 12.4. The van der Waals surface area contributed by atoms with E-state index in [1.165, 1.54) is 6.42 Å². The van der Waals surface area contributed by atoms with Gasteiger partial charge in [0.25, 0.3) is 0 Å².